The number of piperidine rings is 1. The summed E-state index contributed by atoms with van der Waals surface area (Å²) >= 11 is 0. The Bertz CT molecular complexity index is 761. The smallest absolute Gasteiger partial charge is 0.308 e. The first-order valence-corrected chi connectivity index (χ1v) is 7.38. The van der Waals surface area contributed by atoms with Gasteiger partial charge in [-0.3, -0.25) is 4.79 Å². The van der Waals surface area contributed by atoms with Gasteiger partial charge in [0.1, 0.15) is 23.9 Å². The number of nitrogens with zero attached hydrogens (tertiary/aromatic N) is 4. The maximum absolute atomic E-state index is 11.1. The van der Waals surface area contributed by atoms with Gasteiger partial charge in [0.15, 0.2) is 5.57 Å². The lowest BCUT2D eigenvalue weighted by atomic mass is 9.98. The van der Waals surface area contributed by atoms with Gasteiger partial charge in [0.05, 0.1) is 5.92 Å². The summed E-state index contributed by atoms with van der Waals surface area (Å²) in [5.41, 5.74) is 1.10. The van der Waals surface area contributed by atoms with Crippen molar-refractivity contribution in [1.82, 2.24) is 0 Å². The van der Waals surface area contributed by atoms with Crippen LogP contribution in [-0.4, -0.2) is 24.2 Å². The quantitative estimate of drug-likeness (QED) is 0.815. The average Bonchev–Trinajstić information content (AvgIpc) is 2.62. The van der Waals surface area contributed by atoms with Crippen molar-refractivity contribution < 1.29 is 9.90 Å². The third kappa shape index (κ3) is 3.82. The van der Waals surface area contributed by atoms with E-state index in [0.29, 0.717) is 18.7 Å². The fraction of sp³-hybridized carbons (Fsp3) is 0.294. The summed E-state index contributed by atoms with van der Waals surface area (Å²) in [7, 11) is 0. The predicted octanol–water partition coefficient (Wildman–Crippen LogP) is 2.22. The van der Waals surface area contributed by atoms with Gasteiger partial charge in [0.25, 0.3) is 0 Å². The van der Waals surface area contributed by atoms with Gasteiger partial charge in [-0.25, -0.2) is 0 Å². The molecule has 0 amide bonds. The van der Waals surface area contributed by atoms with E-state index in [1.165, 1.54) is 0 Å². The number of anilines is 2. The first-order chi connectivity index (χ1) is 11.6. The van der Waals surface area contributed by atoms with Gasteiger partial charge in [-0.2, -0.15) is 15.8 Å². The van der Waals surface area contributed by atoms with E-state index in [-0.39, 0.29) is 17.2 Å². The first-order valence-electron chi connectivity index (χ1n) is 7.38. The number of aliphatic carboxylic acids is 1. The number of hydrogen-bond donors (Lipinski definition) is 2. The van der Waals surface area contributed by atoms with Gasteiger partial charge in [-0.1, -0.05) is 0 Å². The Kier molecular flexibility index (Phi) is 5.39. The minimum atomic E-state index is -0.776. The molecule has 0 aromatic heterocycles. The molecule has 1 atom stereocenters. The second-order valence-electron chi connectivity index (χ2n) is 5.38. The lowest BCUT2D eigenvalue weighted by Gasteiger charge is -2.32. The van der Waals surface area contributed by atoms with Crippen LogP contribution in [0.15, 0.2) is 35.5 Å². The van der Waals surface area contributed by atoms with Crippen LogP contribution < -0.4 is 10.2 Å². The number of nitrogens with one attached hydrogen (secondary N) is 1. The van der Waals surface area contributed by atoms with E-state index in [9.17, 15) is 4.79 Å². The largest absolute Gasteiger partial charge is 0.481 e. The fourth-order valence-corrected chi connectivity index (χ4v) is 2.60. The second-order valence-corrected chi connectivity index (χ2v) is 5.38. The summed E-state index contributed by atoms with van der Waals surface area (Å²) in [4.78, 5) is 13.2. The maximum atomic E-state index is 11.1. The van der Waals surface area contributed by atoms with E-state index in [4.69, 9.17) is 20.9 Å². The molecule has 7 nitrogen and oxygen atoms in total. The van der Waals surface area contributed by atoms with Crippen molar-refractivity contribution in [3.8, 4) is 18.2 Å². The molecule has 0 radical (unpaired) electrons. The van der Waals surface area contributed by atoms with Gasteiger partial charge < -0.3 is 15.3 Å². The van der Waals surface area contributed by atoms with Crippen LogP contribution in [0.4, 0.5) is 11.4 Å². The molecule has 1 heterocycles. The molecular weight excluding hydrogens is 306 g/mol. The van der Waals surface area contributed by atoms with Gasteiger partial charge in [0.2, 0.25) is 0 Å². The molecular formula is C17H15N5O2. The third-order valence-corrected chi connectivity index (χ3v) is 3.86. The Morgan fingerprint density at radius 2 is 1.83 bits per heavy atom. The zero-order valence-corrected chi connectivity index (χ0v) is 12.9. The Labute approximate surface area is 139 Å². The summed E-state index contributed by atoms with van der Waals surface area (Å²) in [6.45, 7) is 1.27. The summed E-state index contributed by atoms with van der Waals surface area (Å²) in [6.07, 6.45) is 1.51. The van der Waals surface area contributed by atoms with Crippen molar-refractivity contribution in [2.75, 3.05) is 23.3 Å². The summed E-state index contributed by atoms with van der Waals surface area (Å²) in [6, 6.07) is 12.2. The highest BCUT2D eigenvalue weighted by Crippen LogP contribution is 2.25. The number of benzene rings is 1. The summed E-state index contributed by atoms with van der Waals surface area (Å²) < 4.78 is 0. The van der Waals surface area contributed by atoms with Gasteiger partial charge in [-0.05, 0) is 37.1 Å². The minimum absolute atomic E-state index is 0.100. The highest BCUT2D eigenvalue weighted by molar-refractivity contribution is 5.71. The molecule has 24 heavy (non-hydrogen) atoms. The normalized spacial score (nSPS) is 16.2. The molecule has 1 unspecified atom stereocenters. The predicted molar refractivity (Wildman–Crippen MR) is 86.5 cm³/mol. The molecule has 120 valence electrons. The maximum Gasteiger partial charge on any atom is 0.308 e. The molecule has 0 spiro atoms. The minimum Gasteiger partial charge on any atom is -0.481 e. The van der Waals surface area contributed by atoms with Crippen LogP contribution >= 0.6 is 0 Å². The monoisotopic (exact) mass is 321 g/mol. The molecule has 0 aliphatic carbocycles. The van der Waals surface area contributed by atoms with Crippen molar-refractivity contribution >= 4 is 17.3 Å². The van der Waals surface area contributed by atoms with Crippen molar-refractivity contribution in [3.05, 3.63) is 35.5 Å². The lowest BCUT2D eigenvalue weighted by molar-refractivity contribution is -0.141. The zero-order chi connectivity index (χ0) is 17.5. The lowest BCUT2D eigenvalue weighted by Crippen LogP contribution is -2.38. The van der Waals surface area contributed by atoms with E-state index in [1.54, 1.807) is 30.3 Å². The van der Waals surface area contributed by atoms with E-state index in [1.807, 2.05) is 17.0 Å². The van der Waals surface area contributed by atoms with Crippen LogP contribution in [-0.2, 0) is 4.79 Å². The van der Waals surface area contributed by atoms with Crippen LogP contribution in [0.2, 0.25) is 0 Å². The van der Waals surface area contributed by atoms with Gasteiger partial charge >= 0.3 is 5.97 Å². The van der Waals surface area contributed by atoms with Crippen molar-refractivity contribution in [2.24, 2.45) is 5.92 Å². The van der Waals surface area contributed by atoms with Crippen molar-refractivity contribution in [2.45, 2.75) is 12.8 Å². The highest BCUT2D eigenvalue weighted by atomic mass is 16.4. The summed E-state index contributed by atoms with van der Waals surface area (Å²) in [5, 5.41) is 38.5. The molecule has 0 bridgehead atoms. The number of rotatable bonds is 4. The van der Waals surface area contributed by atoms with E-state index in [0.717, 1.165) is 18.7 Å². The van der Waals surface area contributed by atoms with Crippen LogP contribution in [0.1, 0.15) is 12.8 Å². The van der Waals surface area contributed by atoms with Crippen LogP contribution in [0, 0.1) is 39.9 Å². The third-order valence-electron chi connectivity index (χ3n) is 3.86. The Balaban J connectivity index is 2.13. The topological polar surface area (TPSA) is 124 Å². The number of carboxylic acid groups (broad SMARTS) is 1. The fourth-order valence-electron chi connectivity index (χ4n) is 2.60. The first kappa shape index (κ1) is 16.9. The Morgan fingerprint density at radius 1 is 1.17 bits per heavy atom. The summed E-state index contributed by atoms with van der Waals surface area (Å²) in [5.74, 6) is -1.14. The number of carboxylic acids is 1. The second kappa shape index (κ2) is 7.67. The van der Waals surface area contributed by atoms with Gasteiger partial charge in [0, 0.05) is 24.5 Å². The molecule has 2 rings (SSSR count). The number of allylic oxidation sites excluding steroid dienone is 2. The molecule has 1 aliphatic heterocycles. The van der Waals surface area contributed by atoms with Gasteiger partial charge in [-0.15, -0.1) is 0 Å². The van der Waals surface area contributed by atoms with Crippen molar-refractivity contribution in [3.63, 3.8) is 0 Å². The van der Waals surface area contributed by atoms with Crippen LogP contribution in [0.5, 0.6) is 0 Å². The molecule has 1 aromatic carbocycles. The zero-order valence-electron chi connectivity index (χ0n) is 12.9. The number of nitriles is 3. The SMILES string of the molecule is N#CC(C#N)=C(C#N)Nc1ccc(N2CCCC(C(=O)O)C2)cc1. The molecule has 7 heteroatoms. The molecule has 1 saturated heterocycles. The van der Waals surface area contributed by atoms with Crippen molar-refractivity contribution in [1.29, 1.82) is 15.8 Å². The standard InChI is InChI=1S/C17H15N5O2/c18-8-13(9-19)16(10-20)21-14-3-5-15(6-4-14)22-7-1-2-12(11-22)17(23)24/h3-6,12,21H,1-2,7,11H2,(H,23,24). The van der Waals surface area contributed by atoms with Crippen LogP contribution in [0.25, 0.3) is 0 Å². The average molecular weight is 321 g/mol. The molecule has 1 aromatic rings. The Morgan fingerprint density at radius 3 is 2.38 bits per heavy atom. The number of hydrogen-bond acceptors (Lipinski definition) is 6. The molecule has 1 fully saturated rings. The van der Waals surface area contributed by atoms with Crippen LogP contribution in [0.3, 0.4) is 0 Å². The molecule has 1 aliphatic rings. The van der Waals surface area contributed by atoms with E-state index in [2.05, 4.69) is 5.32 Å². The van der Waals surface area contributed by atoms with E-state index >= 15 is 0 Å². The molecule has 0 saturated carbocycles. The van der Waals surface area contributed by atoms with E-state index < -0.39 is 5.97 Å². The highest BCUT2D eigenvalue weighted by Gasteiger charge is 2.25. The number of carbonyl (C=O) groups is 1. The Hall–Kier alpha value is -3.50. The molecule has 2 N–H and O–H groups in total.